The first-order valence-corrected chi connectivity index (χ1v) is 5.64. The van der Waals surface area contributed by atoms with Crippen LogP contribution < -0.4 is 10.2 Å². The van der Waals surface area contributed by atoms with Gasteiger partial charge in [0.15, 0.2) is 0 Å². The highest BCUT2D eigenvalue weighted by molar-refractivity contribution is 5.87. The molecule has 0 fully saturated rings. The normalized spacial score (nSPS) is 9.62. The number of rotatable bonds is 7. The van der Waals surface area contributed by atoms with E-state index in [1.165, 1.54) is 38.5 Å². The van der Waals surface area contributed by atoms with E-state index in [2.05, 4.69) is 13.8 Å². The molecule has 0 aliphatic rings. The lowest BCUT2D eigenvalue weighted by Crippen LogP contribution is -2.23. The van der Waals surface area contributed by atoms with Crippen LogP contribution in [0.5, 0.6) is 0 Å². The number of hydrogen-bond donors (Lipinski definition) is 0. The molecule has 0 aromatic rings. The van der Waals surface area contributed by atoms with Crippen molar-refractivity contribution in [2.45, 2.75) is 52.4 Å². The molecule has 16 heavy (non-hydrogen) atoms. The fourth-order valence-electron chi connectivity index (χ4n) is 0.990. The summed E-state index contributed by atoms with van der Waals surface area (Å²) in [7, 11) is 0. The second-order valence-electron chi connectivity index (χ2n) is 3.39. The van der Waals surface area contributed by atoms with Crippen molar-refractivity contribution in [1.29, 1.82) is 0 Å². The highest BCUT2D eigenvalue weighted by Gasteiger charge is 1.83. The van der Waals surface area contributed by atoms with Crippen LogP contribution in [-0.2, 0) is 9.59 Å². The molecule has 94 valence electrons. The van der Waals surface area contributed by atoms with Gasteiger partial charge in [-0.25, -0.2) is 0 Å². The number of carboxylic acid groups (broad SMARTS) is 2. The third-order valence-corrected chi connectivity index (χ3v) is 1.81. The van der Waals surface area contributed by atoms with Gasteiger partial charge >= 0.3 is 0 Å². The van der Waals surface area contributed by atoms with Gasteiger partial charge in [0.25, 0.3) is 0 Å². The molecule has 0 unspecified atom stereocenters. The van der Waals surface area contributed by atoms with Gasteiger partial charge in [-0.1, -0.05) is 52.4 Å². The highest BCUT2D eigenvalue weighted by Crippen LogP contribution is 2.03. The Morgan fingerprint density at radius 3 is 1.31 bits per heavy atom. The van der Waals surface area contributed by atoms with E-state index in [1.54, 1.807) is 0 Å². The molecule has 4 heteroatoms. The number of hydrogen-bond acceptors (Lipinski definition) is 4. The molecule has 4 nitrogen and oxygen atoms in total. The number of aliphatic carboxylic acids is 2. The Morgan fingerprint density at radius 2 is 1.12 bits per heavy atom. The summed E-state index contributed by atoms with van der Waals surface area (Å²) in [6.07, 6.45) is 9.26. The van der Waals surface area contributed by atoms with E-state index in [-0.39, 0.29) is 0 Å². The minimum atomic E-state index is -1.55. The summed E-state index contributed by atoms with van der Waals surface area (Å²) in [5, 5.41) is 18.8. The van der Waals surface area contributed by atoms with E-state index >= 15 is 0 Å². The summed E-state index contributed by atoms with van der Waals surface area (Å²) in [5.74, 6) is -3.09. The van der Waals surface area contributed by atoms with Gasteiger partial charge in [0.1, 0.15) is 0 Å². The van der Waals surface area contributed by atoms with Crippen molar-refractivity contribution in [2.75, 3.05) is 0 Å². The third-order valence-electron chi connectivity index (χ3n) is 1.81. The number of carbonyl (C=O) groups is 2. The largest absolute Gasteiger partial charge is 0.545 e. The molecule has 0 amide bonds. The second kappa shape index (κ2) is 13.7. The maximum atomic E-state index is 9.41. The fourth-order valence-corrected chi connectivity index (χ4v) is 0.990. The molecule has 0 aliphatic heterocycles. The summed E-state index contributed by atoms with van der Waals surface area (Å²) < 4.78 is 0. The Morgan fingerprint density at radius 1 is 0.812 bits per heavy atom. The molecule has 0 rings (SSSR count). The maximum Gasteiger partial charge on any atom is 0.0643 e. The van der Waals surface area contributed by atoms with E-state index in [0.717, 1.165) is 0 Å². The van der Waals surface area contributed by atoms with Gasteiger partial charge in [-0.05, 0) is 12.2 Å². The lowest BCUT2D eigenvalue weighted by molar-refractivity contribution is -0.301. The summed E-state index contributed by atoms with van der Waals surface area (Å²) in [5.41, 5.74) is 0. The lowest BCUT2D eigenvalue weighted by atomic mass is 10.1. The Hall–Kier alpha value is -1.32. The highest BCUT2D eigenvalue weighted by atomic mass is 16.4. The van der Waals surface area contributed by atoms with E-state index < -0.39 is 11.9 Å². The molecule has 0 aromatic carbocycles. The molecule has 0 aromatic heterocycles. The van der Waals surface area contributed by atoms with E-state index in [4.69, 9.17) is 0 Å². The minimum Gasteiger partial charge on any atom is -0.545 e. The molecule has 0 saturated carbocycles. The van der Waals surface area contributed by atoms with Crippen LogP contribution in [0.25, 0.3) is 0 Å². The van der Waals surface area contributed by atoms with E-state index in [9.17, 15) is 19.8 Å². The van der Waals surface area contributed by atoms with Gasteiger partial charge in [0.05, 0.1) is 11.9 Å². The zero-order valence-corrected chi connectivity index (χ0v) is 10.0. The van der Waals surface area contributed by atoms with Gasteiger partial charge in [0.2, 0.25) is 0 Å². The molecule has 0 N–H and O–H groups in total. The van der Waals surface area contributed by atoms with Crippen LogP contribution in [0.2, 0.25) is 0 Å². The zero-order valence-electron chi connectivity index (χ0n) is 10.0. The van der Waals surface area contributed by atoms with Crippen molar-refractivity contribution in [1.82, 2.24) is 0 Å². The first kappa shape index (κ1) is 17.1. The smallest absolute Gasteiger partial charge is 0.0643 e. The van der Waals surface area contributed by atoms with Gasteiger partial charge in [-0.2, -0.15) is 0 Å². The molecular formula is C12H20O4-2. The monoisotopic (exact) mass is 228 g/mol. The van der Waals surface area contributed by atoms with Gasteiger partial charge in [-0.15, -0.1) is 0 Å². The summed E-state index contributed by atoms with van der Waals surface area (Å²) in [4.78, 5) is 18.8. The maximum absolute atomic E-state index is 9.41. The summed E-state index contributed by atoms with van der Waals surface area (Å²) in [6.45, 7) is 4.51. The lowest BCUT2D eigenvalue weighted by Gasteiger charge is -1.93. The zero-order chi connectivity index (χ0) is 12.8. The standard InChI is InChI=1S/C8H18.C4H4O4/c1-3-5-7-8-6-4-2;5-3(6)1-2-4(7)8/h3-8H2,1-2H3;1-2H,(H,5,6)(H,7,8)/p-2/b;2-1+. The first-order chi connectivity index (χ1) is 7.54. The average molecular weight is 228 g/mol. The molecular weight excluding hydrogens is 208 g/mol. The van der Waals surface area contributed by atoms with E-state index in [1.807, 2.05) is 0 Å². The predicted molar refractivity (Wildman–Crippen MR) is 58.2 cm³/mol. The van der Waals surface area contributed by atoms with Crippen LogP contribution in [0.4, 0.5) is 0 Å². The quantitative estimate of drug-likeness (QED) is 0.467. The summed E-state index contributed by atoms with van der Waals surface area (Å²) >= 11 is 0. The van der Waals surface area contributed by atoms with Gasteiger partial charge in [0, 0.05) is 0 Å². The molecule has 0 heterocycles. The van der Waals surface area contributed by atoms with Crippen LogP contribution >= 0.6 is 0 Å². The first-order valence-electron chi connectivity index (χ1n) is 5.64. The average Bonchev–Trinajstić information content (AvgIpc) is 2.23. The Balaban J connectivity index is 0. The molecule has 0 saturated heterocycles. The number of carbonyl (C=O) groups excluding carboxylic acids is 2. The number of unbranched alkanes of at least 4 members (excludes halogenated alkanes) is 5. The topological polar surface area (TPSA) is 80.3 Å². The van der Waals surface area contributed by atoms with Gasteiger partial charge in [-0.3, -0.25) is 0 Å². The van der Waals surface area contributed by atoms with Crippen LogP contribution in [0.1, 0.15) is 52.4 Å². The fraction of sp³-hybridized carbons (Fsp3) is 0.667. The van der Waals surface area contributed by atoms with Crippen molar-refractivity contribution < 1.29 is 19.8 Å². The Bertz CT molecular complexity index is 187. The predicted octanol–water partition coefficient (Wildman–Crippen LogP) is 0.409. The Kier molecular flexibility index (Phi) is 14.6. The molecule has 0 radical (unpaired) electrons. The van der Waals surface area contributed by atoms with Gasteiger partial charge < -0.3 is 19.8 Å². The van der Waals surface area contributed by atoms with Crippen LogP contribution in [-0.4, -0.2) is 11.9 Å². The summed E-state index contributed by atoms with van der Waals surface area (Å²) in [6, 6.07) is 0. The minimum absolute atomic E-state index is 0.384. The van der Waals surface area contributed by atoms with Crippen molar-refractivity contribution in [3.63, 3.8) is 0 Å². The SMILES string of the molecule is CCCCCCCC.O=C([O-])/C=C/C(=O)[O-]. The van der Waals surface area contributed by atoms with Crippen LogP contribution in [0.15, 0.2) is 12.2 Å². The third kappa shape index (κ3) is 23.0. The molecule has 0 aliphatic carbocycles. The van der Waals surface area contributed by atoms with E-state index in [0.29, 0.717) is 12.2 Å². The molecule has 0 bridgehead atoms. The second-order valence-corrected chi connectivity index (χ2v) is 3.39. The molecule has 0 spiro atoms. The Labute approximate surface area is 97.0 Å². The molecule has 0 atom stereocenters. The van der Waals surface area contributed by atoms with Crippen LogP contribution in [0, 0.1) is 0 Å². The van der Waals surface area contributed by atoms with Crippen molar-refractivity contribution in [2.24, 2.45) is 0 Å². The van der Waals surface area contributed by atoms with Crippen molar-refractivity contribution in [3.8, 4) is 0 Å². The van der Waals surface area contributed by atoms with Crippen molar-refractivity contribution in [3.05, 3.63) is 12.2 Å². The number of carboxylic acids is 2. The van der Waals surface area contributed by atoms with Crippen molar-refractivity contribution >= 4 is 11.9 Å². The van der Waals surface area contributed by atoms with Crippen LogP contribution in [0.3, 0.4) is 0 Å².